The topological polar surface area (TPSA) is 65.7 Å². The maximum Gasteiger partial charge on any atom is 0.191 e. The summed E-state index contributed by atoms with van der Waals surface area (Å²) in [4.78, 5) is 6.65. The molecule has 1 heterocycles. The van der Waals surface area contributed by atoms with Crippen LogP contribution < -0.4 is 10.6 Å². The first-order valence-electron chi connectivity index (χ1n) is 8.51. The Kier molecular flexibility index (Phi) is 7.76. The van der Waals surface area contributed by atoms with Gasteiger partial charge in [-0.25, -0.2) is 0 Å². The van der Waals surface area contributed by atoms with Crippen LogP contribution in [0.25, 0.3) is 0 Å². The summed E-state index contributed by atoms with van der Waals surface area (Å²) in [5.41, 5.74) is 1.95. The van der Waals surface area contributed by atoms with Crippen LogP contribution in [0.4, 0.5) is 0 Å². The third-order valence-electron chi connectivity index (χ3n) is 4.13. The van der Waals surface area contributed by atoms with Crippen molar-refractivity contribution in [2.45, 2.75) is 26.4 Å². The second kappa shape index (κ2) is 10.1. The van der Waals surface area contributed by atoms with Crippen molar-refractivity contribution >= 4 is 17.6 Å². The quantitative estimate of drug-likeness (QED) is 0.557. The summed E-state index contributed by atoms with van der Waals surface area (Å²) in [7, 11) is 1.75. The Balaban J connectivity index is 2.04. The Labute approximate surface area is 154 Å². The molecule has 1 unspecified atom stereocenters. The van der Waals surface area contributed by atoms with Gasteiger partial charge >= 0.3 is 0 Å². The predicted octanol–water partition coefficient (Wildman–Crippen LogP) is 3.08. The van der Waals surface area contributed by atoms with E-state index in [1.54, 1.807) is 13.3 Å². The number of likely N-dealkylation sites (N-methyl/N-ethyl adjacent to an activating group) is 1. The molecule has 0 radical (unpaired) electrons. The largest absolute Gasteiger partial charge is 0.364 e. The Morgan fingerprint density at radius 2 is 2.00 bits per heavy atom. The summed E-state index contributed by atoms with van der Waals surface area (Å²) in [5.74, 6) is 0.715. The molecular formula is C18H26ClN5O. The zero-order chi connectivity index (χ0) is 18.1. The fourth-order valence-electron chi connectivity index (χ4n) is 2.76. The third kappa shape index (κ3) is 5.47. The van der Waals surface area contributed by atoms with E-state index in [0.29, 0.717) is 19.0 Å². The van der Waals surface area contributed by atoms with E-state index in [0.717, 1.165) is 29.4 Å². The maximum absolute atomic E-state index is 6.44. The van der Waals surface area contributed by atoms with Gasteiger partial charge in [-0.2, -0.15) is 0 Å². The van der Waals surface area contributed by atoms with Gasteiger partial charge in [0.2, 0.25) is 0 Å². The summed E-state index contributed by atoms with van der Waals surface area (Å²) in [6, 6.07) is 9.98. The molecule has 2 rings (SSSR count). The fraction of sp³-hybridized carbons (Fsp3) is 0.444. The van der Waals surface area contributed by atoms with Crippen LogP contribution in [0.15, 0.2) is 46.1 Å². The van der Waals surface area contributed by atoms with Crippen molar-refractivity contribution in [1.82, 2.24) is 20.7 Å². The maximum atomic E-state index is 6.44. The normalized spacial score (nSPS) is 13.1. The summed E-state index contributed by atoms with van der Waals surface area (Å²) < 4.78 is 4.84. The molecular weight excluding hydrogens is 338 g/mol. The smallest absolute Gasteiger partial charge is 0.191 e. The van der Waals surface area contributed by atoms with Crippen molar-refractivity contribution in [3.63, 3.8) is 0 Å². The number of nitrogens with zero attached hydrogens (tertiary/aromatic N) is 3. The molecule has 0 spiro atoms. The number of hydrogen-bond donors (Lipinski definition) is 2. The molecule has 136 valence electrons. The van der Waals surface area contributed by atoms with Crippen LogP contribution >= 0.6 is 11.6 Å². The molecule has 0 saturated carbocycles. The molecule has 0 amide bonds. The van der Waals surface area contributed by atoms with Crippen molar-refractivity contribution < 1.29 is 4.52 Å². The lowest BCUT2D eigenvalue weighted by Crippen LogP contribution is -2.43. The Morgan fingerprint density at radius 3 is 2.60 bits per heavy atom. The zero-order valence-electron chi connectivity index (χ0n) is 15.0. The van der Waals surface area contributed by atoms with Gasteiger partial charge in [0.1, 0.15) is 12.0 Å². The predicted molar refractivity (Wildman–Crippen MR) is 102 cm³/mol. The molecule has 1 aromatic heterocycles. The molecule has 0 aliphatic heterocycles. The second-order valence-electron chi connectivity index (χ2n) is 5.56. The van der Waals surface area contributed by atoms with Crippen molar-refractivity contribution in [1.29, 1.82) is 0 Å². The van der Waals surface area contributed by atoms with Crippen molar-refractivity contribution in [3.05, 3.63) is 52.9 Å². The molecule has 6 nitrogen and oxygen atoms in total. The highest BCUT2D eigenvalue weighted by molar-refractivity contribution is 6.31. The lowest BCUT2D eigenvalue weighted by atomic mass is 10.0. The summed E-state index contributed by atoms with van der Waals surface area (Å²) in [5, 5.41) is 11.3. The second-order valence-corrected chi connectivity index (χ2v) is 5.96. The van der Waals surface area contributed by atoms with E-state index in [2.05, 4.69) is 45.6 Å². The molecule has 0 fully saturated rings. The average Bonchev–Trinajstić information content (AvgIpc) is 3.15. The number of aliphatic imine (C=N–C) groups is 1. The number of guanidine groups is 1. The van der Waals surface area contributed by atoms with E-state index < -0.39 is 0 Å². The first-order valence-corrected chi connectivity index (χ1v) is 8.89. The van der Waals surface area contributed by atoms with Crippen LogP contribution in [-0.4, -0.2) is 42.7 Å². The van der Waals surface area contributed by atoms with E-state index in [9.17, 15) is 0 Å². The number of benzene rings is 1. The molecule has 0 aliphatic rings. The van der Waals surface area contributed by atoms with Gasteiger partial charge in [0.25, 0.3) is 0 Å². The molecule has 2 aromatic rings. The molecule has 25 heavy (non-hydrogen) atoms. The van der Waals surface area contributed by atoms with Gasteiger partial charge in [0, 0.05) is 24.7 Å². The van der Waals surface area contributed by atoms with Gasteiger partial charge in [-0.05, 0) is 24.7 Å². The fourth-order valence-corrected chi connectivity index (χ4v) is 3.02. The van der Waals surface area contributed by atoms with Gasteiger partial charge in [-0.1, -0.05) is 48.8 Å². The molecule has 7 heteroatoms. The molecule has 0 saturated heterocycles. The minimum atomic E-state index is 0.161. The van der Waals surface area contributed by atoms with Crippen LogP contribution in [-0.2, 0) is 6.54 Å². The Bertz CT molecular complexity index is 655. The van der Waals surface area contributed by atoms with Gasteiger partial charge in [-0.15, -0.1) is 0 Å². The van der Waals surface area contributed by atoms with Crippen LogP contribution in [0.5, 0.6) is 0 Å². The highest BCUT2D eigenvalue weighted by atomic mass is 35.5. The van der Waals surface area contributed by atoms with Gasteiger partial charge < -0.3 is 15.2 Å². The van der Waals surface area contributed by atoms with Gasteiger partial charge in [-0.3, -0.25) is 9.89 Å². The third-order valence-corrected chi connectivity index (χ3v) is 4.48. The van der Waals surface area contributed by atoms with Crippen molar-refractivity contribution in [2.75, 3.05) is 26.7 Å². The molecule has 2 N–H and O–H groups in total. The average molecular weight is 364 g/mol. The van der Waals surface area contributed by atoms with Crippen LogP contribution in [0.2, 0.25) is 5.02 Å². The first-order chi connectivity index (χ1) is 12.2. The number of nitrogens with one attached hydrogen (secondary N) is 2. The van der Waals surface area contributed by atoms with Crippen LogP contribution in [0, 0.1) is 0 Å². The van der Waals surface area contributed by atoms with Gasteiger partial charge in [0.15, 0.2) is 5.96 Å². The molecule has 1 aromatic carbocycles. The van der Waals surface area contributed by atoms with Crippen molar-refractivity contribution in [2.24, 2.45) is 4.99 Å². The van der Waals surface area contributed by atoms with E-state index >= 15 is 0 Å². The Morgan fingerprint density at radius 1 is 1.24 bits per heavy atom. The lowest BCUT2D eigenvalue weighted by Gasteiger charge is -2.31. The minimum Gasteiger partial charge on any atom is -0.364 e. The van der Waals surface area contributed by atoms with E-state index in [4.69, 9.17) is 16.1 Å². The first kappa shape index (κ1) is 19.3. The Hall–Kier alpha value is -2.05. The summed E-state index contributed by atoms with van der Waals surface area (Å²) in [6.45, 7) is 7.45. The van der Waals surface area contributed by atoms with Gasteiger partial charge in [0.05, 0.1) is 12.6 Å². The minimum absolute atomic E-state index is 0.161. The highest BCUT2D eigenvalue weighted by Gasteiger charge is 2.20. The van der Waals surface area contributed by atoms with Crippen molar-refractivity contribution in [3.8, 4) is 0 Å². The van der Waals surface area contributed by atoms with E-state index in [1.165, 1.54) is 0 Å². The number of aromatic nitrogens is 1. The molecule has 1 atom stereocenters. The monoisotopic (exact) mass is 363 g/mol. The van der Waals surface area contributed by atoms with E-state index in [-0.39, 0.29) is 6.04 Å². The number of halogens is 1. The molecule has 0 aliphatic carbocycles. The summed E-state index contributed by atoms with van der Waals surface area (Å²) in [6.07, 6.45) is 1.56. The number of rotatable bonds is 8. The van der Waals surface area contributed by atoms with Crippen LogP contribution in [0.1, 0.15) is 31.1 Å². The highest BCUT2D eigenvalue weighted by Crippen LogP contribution is 2.26. The summed E-state index contributed by atoms with van der Waals surface area (Å²) >= 11 is 6.44. The SMILES string of the molecule is CCN(CC)C(CNC(=NC)NCc1ccon1)c1ccccc1Cl. The van der Waals surface area contributed by atoms with Crippen LogP contribution in [0.3, 0.4) is 0 Å². The van der Waals surface area contributed by atoms with E-state index in [1.807, 2.05) is 24.3 Å². The molecule has 0 bridgehead atoms. The standard InChI is InChI=1S/C18H26ClN5O/c1-4-24(5-2)17(15-8-6-7-9-16(15)19)13-22-18(20-3)21-12-14-10-11-25-23-14/h6-11,17H,4-5,12-13H2,1-3H3,(H2,20,21,22). The lowest BCUT2D eigenvalue weighted by molar-refractivity contribution is 0.219. The zero-order valence-corrected chi connectivity index (χ0v) is 15.8. The number of hydrogen-bond acceptors (Lipinski definition) is 4.